The molecule has 0 amide bonds. The number of nitro groups is 1. The number of rotatable bonds is 4. The number of anilines is 1. The zero-order valence-corrected chi connectivity index (χ0v) is 11.8. The predicted molar refractivity (Wildman–Crippen MR) is 78.8 cm³/mol. The number of aryl methyl sites for hydroxylation is 2. The third kappa shape index (κ3) is 2.93. The highest BCUT2D eigenvalue weighted by Crippen LogP contribution is 2.24. The van der Waals surface area contributed by atoms with E-state index in [1.807, 2.05) is 26.0 Å². The highest BCUT2D eigenvalue weighted by molar-refractivity contribution is 5.50. The third-order valence-corrected chi connectivity index (χ3v) is 3.28. The summed E-state index contributed by atoms with van der Waals surface area (Å²) in [6.07, 6.45) is 1.28. The number of pyridine rings is 1. The normalized spacial score (nSPS) is 11.9. The van der Waals surface area contributed by atoms with Gasteiger partial charge in [0.15, 0.2) is 0 Å². The Morgan fingerprint density at radius 1 is 1.25 bits per heavy atom. The highest BCUT2D eigenvalue weighted by atomic mass is 16.6. The summed E-state index contributed by atoms with van der Waals surface area (Å²) in [7, 11) is 0. The molecule has 0 aliphatic carbocycles. The minimum atomic E-state index is -0.436. The Morgan fingerprint density at radius 2 is 1.95 bits per heavy atom. The van der Waals surface area contributed by atoms with Gasteiger partial charge >= 0.3 is 0 Å². The molecule has 0 aliphatic rings. The van der Waals surface area contributed by atoms with Crippen molar-refractivity contribution in [2.45, 2.75) is 26.8 Å². The standard InChI is InChI=1S/C15H17N3O2/c1-10-6-4-5-7-14(10)12(3)17-15-11(2)8-13(9-16-15)18(19)20/h4-9,12H,1-3H3,(H,16,17). The lowest BCUT2D eigenvalue weighted by Gasteiger charge is -2.18. The summed E-state index contributed by atoms with van der Waals surface area (Å²) in [5, 5.41) is 14.0. The minimum Gasteiger partial charge on any atom is -0.363 e. The lowest BCUT2D eigenvalue weighted by molar-refractivity contribution is -0.385. The quantitative estimate of drug-likeness (QED) is 0.678. The minimum absolute atomic E-state index is 0.0107. The molecule has 0 spiro atoms. The average Bonchev–Trinajstić information content (AvgIpc) is 2.41. The van der Waals surface area contributed by atoms with E-state index in [0.29, 0.717) is 5.82 Å². The lowest BCUT2D eigenvalue weighted by Crippen LogP contribution is -2.10. The average molecular weight is 271 g/mol. The fourth-order valence-electron chi connectivity index (χ4n) is 2.17. The number of hydrogen-bond acceptors (Lipinski definition) is 4. The summed E-state index contributed by atoms with van der Waals surface area (Å²) < 4.78 is 0. The second-order valence-electron chi connectivity index (χ2n) is 4.84. The molecule has 5 heteroatoms. The van der Waals surface area contributed by atoms with Crippen LogP contribution in [0, 0.1) is 24.0 Å². The van der Waals surface area contributed by atoms with Crippen molar-refractivity contribution in [1.82, 2.24) is 4.98 Å². The van der Waals surface area contributed by atoms with Crippen LogP contribution in [0.25, 0.3) is 0 Å². The number of nitrogens with zero attached hydrogens (tertiary/aromatic N) is 2. The maximum absolute atomic E-state index is 10.7. The maximum atomic E-state index is 10.7. The van der Waals surface area contributed by atoms with Gasteiger partial charge in [-0.05, 0) is 37.5 Å². The molecule has 0 saturated carbocycles. The Balaban J connectivity index is 2.22. The molecule has 1 N–H and O–H groups in total. The van der Waals surface area contributed by atoms with Crippen LogP contribution in [-0.2, 0) is 0 Å². The topological polar surface area (TPSA) is 68.1 Å². The monoisotopic (exact) mass is 271 g/mol. The van der Waals surface area contributed by atoms with Crippen molar-refractivity contribution in [2.75, 3.05) is 5.32 Å². The first kappa shape index (κ1) is 14.0. The van der Waals surface area contributed by atoms with Crippen LogP contribution in [-0.4, -0.2) is 9.91 Å². The third-order valence-electron chi connectivity index (χ3n) is 3.28. The maximum Gasteiger partial charge on any atom is 0.287 e. The second kappa shape index (κ2) is 5.69. The van der Waals surface area contributed by atoms with E-state index in [0.717, 1.165) is 5.56 Å². The summed E-state index contributed by atoms with van der Waals surface area (Å²) in [5.74, 6) is 0.673. The van der Waals surface area contributed by atoms with E-state index >= 15 is 0 Å². The SMILES string of the molecule is Cc1ccccc1C(C)Nc1ncc([N+](=O)[O-])cc1C. The molecule has 0 fully saturated rings. The van der Waals surface area contributed by atoms with Gasteiger partial charge in [-0.1, -0.05) is 24.3 Å². The van der Waals surface area contributed by atoms with E-state index in [2.05, 4.69) is 29.4 Å². The van der Waals surface area contributed by atoms with Crippen molar-refractivity contribution in [2.24, 2.45) is 0 Å². The summed E-state index contributed by atoms with van der Waals surface area (Å²) in [4.78, 5) is 14.4. The summed E-state index contributed by atoms with van der Waals surface area (Å²) in [5.41, 5.74) is 3.16. The molecule has 0 aliphatic heterocycles. The zero-order chi connectivity index (χ0) is 14.7. The zero-order valence-electron chi connectivity index (χ0n) is 11.8. The summed E-state index contributed by atoms with van der Waals surface area (Å²) >= 11 is 0. The Labute approximate surface area is 117 Å². The van der Waals surface area contributed by atoms with Crippen molar-refractivity contribution in [3.05, 3.63) is 63.3 Å². The molecule has 5 nitrogen and oxygen atoms in total. The van der Waals surface area contributed by atoms with Crippen molar-refractivity contribution < 1.29 is 4.92 Å². The molecule has 104 valence electrons. The van der Waals surface area contributed by atoms with Gasteiger partial charge in [0.2, 0.25) is 0 Å². The summed E-state index contributed by atoms with van der Waals surface area (Å²) in [6.45, 7) is 5.92. The van der Waals surface area contributed by atoms with E-state index in [1.54, 1.807) is 0 Å². The van der Waals surface area contributed by atoms with E-state index < -0.39 is 4.92 Å². The van der Waals surface area contributed by atoms with Gasteiger partial charge in [0.25, 0.3) is 5.69 Å². The smallest absolute Gasteiger partial charge is 0.287 e. The van der Waals surface area contributed by atoms with E-state index in [9.17, 15) is 10.1 Å². The molecule has 1 heterocycles. The van der Waals surface area contributed by atoms with Crippen molar-refractivity contribution in [1.29, 1.82) is 0 Å². The molecule has 1 aromatic carbocycles. The van der Waals surface area contributed by atoms with Crippen LogP contribution < -0.4 is 5.32 Å². The van der Waals surface area contributed by atoms with Gasteiger partial charge in [0, 0.05) is 6.07 Å². The fourth-order valence-corrected chi connectivity index (χ4v) is 2.17. The van der Waals surface area contributed by atoms with Gasteiger partial charge in [0.1, 0.15) is 12.0 Å². The molecule has 0 saturated heterocycles. The van der Waals surface area contributed by atoms with Crippen molar-refractivity contribution >= 4 is 11.5 Å². The molecule has 0 radical (unpaired) electrons. The Morgan fingerprint density at radius 3 is 2.55 bits per heavy atom. The Hall–Kier alpha value is -2.43. The number of hydrogen-bond donors (Lipinski definition) is 1. The first-order valence-corrected chi connectivity index (χ1v) is 6.42. The van der Waals surface area contributed by atoms with Crippen LogP contribution in [0.3, 0.4) is 0 Å². The summed E-state index contributed by atoms with van der Waals surface area (Å²) in [6, 6.07) is 9.73. The van der Waals surface area contributed by atoms with Gasteiger partial charge in [-0.25, -0.2) is 4.98 Å². The molecule has 1 unspecified atom stereocenters. The Kier molecular flexibility index (Phi) is 3.98. The van der Waals surface area contributed by atoms with Gasteiger partial charge in [-0.3, -0.25) is 10.1 Å². The molecule has 1 aromatic heterocycles. The van der Waals surface area contributed by atoms with Crippen LogP contribution in [0.1, 0.15) is 29.7 Å². The molecule has 0 bridgehead atoms. The lowest BCUT2D eigenvalue weighted by atomic mass is 10.0. The molecule has 20 heavy (non-hydrogen) atoms. The molecule has 1 atom stereocenters. The first-order valence-electron chi connectivity index (χ1n) is 6.42. The van der Waals surface area contributed by atoms with E-state index in [-0.39, 0.29) is 11.7 Å². The van der Waals surface area contributed by atoms with Crippen LogP contribution in [0.2, 0.25) is 0 Å². The number of benzene rings is 1. The molecule has 2 rings (SSSR count). The van der Waals surface area contributed by atoms with Crippen LogP contribution >= 0.6 is 0 Å². The first-order chi connectivity index (χ1) is 9.49. The van der Waals surface area contributed by atoms with Crippen LogP contribution in [0.4, 0.5) is 11.5 Å². The second-order valence-corrected chi connectivity index (χ2v) is 4.84. The molecular weight excluding hydrogens is 254 g/mol. The largest absolute Gasteiger partial charge is 0.363 e. The molecule has 2 aromatic rings. The van der Waals surface area contributed by atoms with Gasteiger partial charge < -0.3 is 5.32 Å². The van der Waals surface area contributed by atoms with Crippen LogP contribution in [0.5, 0.6) is 0 Å². The van der Waals surface area contributed by atoms with Gasteiger partial charge in [-0.15, -0.1) is 0 Å². The van der Waals surface area contributed by atoms with Crippen molar-refractivity contribution in [3.8, 4) is 0 Å². The Bertz CT molecular complexity index is 641. The number of aromatic nitrogens is 1. The van der Waals surface area contributed by atoms with Gasteiger partial charge in [-0.2, -0.15) is 0 Å². The van der Waals surface area contributed by atoms with E-state index in [4.69, 9.17) is 0 Å². The highest BCUT2D eigenvalue weighted by Gasteiger charge is 2.13. The molecular formula is C15H17N3O2. The van der Waals surface area contributed by atoms with Gasteiger partial charge in [0.05, 0.1) is 11.0 Å². The predicted octanol–water partition coefficient (Wildman–Crippen LogP) is 3.78. The van der Waals surface area contributed by atoms with Crippen LogP contribution in [0.15, 0.2) is 36.5 Å². The van der Waals surface area contributed by atoms with Crippen molar-refractivity contribution in [3.63, 3.8) is 0 Å². The van der Waals surface area contributed by atoms with E-state index in [1.165, 1.54) is 23.4 Å². The number of nitrogens with one attached hydrogen (secondary N) is 1. The fraction of sp³-hybridized carbons (Fsp3) is 0.267.